The molecule has 0 radical (unpaired) electrons. The van der Waals surface area contributed by atoms with Crippen LogP contribution in [0.4, 0.5) is 0 Å². The molecule has 3 aromatic rings. The normalized spacial score (nSPS) is 14.8. The number of nitrogens with zero attached hydrogens (tertiary/aromatic N) is 2. The minimum Gasteiger partial charge on any atom is -0.255 e. The molecule has 0 unspecified atom stereocenters. The number of hydrogen-bond acceptors (Lipinski definition) is 2. The van der Waals surface area contributed by atoms with Crippen molar-refractivity contribution < 1.29 is 0 Å². The van der Waals surface area contributed by atoms with Crippen molar-refractivity contribution in [2.24, 2.45) is 0 Å². The van der Waals surface area contributed by atoms with Crippen LogP contribution in [-0.2, 0) is 6.42 Å². The van der Waals surface area contributed by atoms with Gasteiger partial charge in [0.1, 0.15) is 5.03 Å². The zero-order chi connectivity index (χ0) is 18.8. The summed E-state index contributed by atoms with van der Waals surface area (Å²) in [5.74, 6) is 0. The van der Waals surface area contributed by atoms with Crippen LogP contribution in [0.25, 0.3) is 0 Å². The summed E-state index contributed by atoms with van der Waals surface area (Å²) >= 11 is 14.2. The van der Waals surface area contributed by atoms with Gasteiger partial charge in [0.05, 0.1) is 11.7 Å². The largest absolute Gasteiger partial charge is 0.255 e. The Morgan fingerprint density at radius 3 is 2.37 bits per heavy atom. The fourth-order valence-electron chi connectivity index (χ4n) is 3.77. The van der Waals surface area contributed by atoms with Gasteiger partial charge in [0.25, 0.3) is 0 Å². The summed E-state index contributed by atoms with van der Waals surface area (Å²) < 4.78 is 2.26. The maximum absolute atomic E-state index is 6.24. The van der Waals surface area contributed by atoms with Gasteiger partial charge in [-0.15, -0.1) is 0 Å². The van der Waals surface area contributed by atoms with Crippen LogP contribution < -0.4 is 0 Å². The summed E-state index contributed by atoms with van der Waals surface area (Å²) in [4.78, 5) is 1.06. The molecule has 1 aliphatic carbocycles. The molecule has 1 fully saturated rings. The van der Waals surface area contributed by atoms with Crippen molar-refractivity contribution in [2.75, 3.05) is 0 Å². The van der Waals surface area contributed by atoms with E-state index in [1.54, 1.807) is 17.8 Å². The summed E-state index contributed by atoms with van der Waals surface area (Å²) in [5.41, 5.74) is 3.72. The molecule has 1 aliphatic rings. The van der Waals surface area contributed by atoms with Gasteiger partial charge in [-0.25, -0.2) is 0 Å². The van der Waals surface area contributed by atoms with Gasteiger partial charge in [-0.3, -0.25) is 4.68 Å². The molecular weight excluding hydrogens is 395 g/mol. The highest BCUT2D eigenvalue weighted by molar-refractivity contribution is 7.99. The maximum Gasteiger partial charge on any atom is 0.103 e. The Labute approximate surface area is 174 Å². The van der Waals surface area contributed by atoms with Gasteiger partial charge in [0.15, 0.2) is 0 Å². The monoisotopic (exact) mass is 416 g/mol. The van der Waals surface area contributed by atoms with Crippen LogP contribution in [0, 0.1) is 6.92 Å². The highest BCUT2D eigenvalue weighted by Gasteiger charge is 2.25. The second-order valence-electron chi connectivity index (χ2n) is 7.12. The number of benzene rings is 2. The van der Waals surface area contributed by atoms with Gasteiger partial charge in [-0.1, -0.05) is 78.1 Å². The summed E-state index contributed by atoms with van der Waals surface area (Å²) in [6, 6.07) is 16.8. The Kier molecular flexibility index (Phi) is 5.82. The molecule has 1 saturated carbocycles. The van der Waals surface area contributed by atoms with E-state index in [0.29, 0.717) is 16.1 Å². The Hall–Kier alpha value is -1.42. The summed E-state index contributed by atoms with van der Waals surface area (Å²) in [7, 11) is 0. The highest BCUT2D eigenvalue weighted by atomic mass is 35.5. The van der Waals surface area contributed by atoms with Crippen molar-refractivity contribution in [3.63, 3.8) is 0 Å². The van der Waals surface area contributed by atoms with Crippen LogP contribution in [0.15, 0.2) is 58.5 Å². The van der Waals surface area contributed by atoms with E-state index in [1.165, 1.54) is 41.8 Å². The lowest BCUT2D eigenvalue weighted by Crippen LogP contribution is -2.08. The first-order valence-corrected chi connectivity index (χ1v) is 10.9. The highest BCUT2D eigenvalue weighted by Crippen LogP contribution is 2.40. The molecule has 0 amide bonds. The lowest BCUT2D eigenvalue weighted by Gasteiger charge is -2.15. The van der Waals surface area contributed by atoms with Crippen LogP contribution in [0.1, 0.15) is 48.5 Å². The van der Waals surface area contributed by atoms with Crippen LogP contribution in [-0.4, -0.2) is 9.78 Å². The molecule has 0 spiro atoms. The van der Waals surface area contributed by atoms with E-state index in [-0.39, 0.29) is 0 Å². The molecular formula is C22H22Cl2N2S. The van der Waals surface area contributed by atoms with Crippen molar-refractivity contribution in [2.45, 2.75) is 55.0 Å². The molecule has 0 N–H and O–H groups in total. The van der Waals surface area contributed by atoms with E-state index >= 15 is 0 Å². The lowest BCUT2D eigenvalue weighted by atomic mass is 10.1. The summed E-state index contributed by atoms with van der Waals surface area (Å²) in [6.45, 7) is 2.12. The lowest BCUT2D eigenvalue weighted by molar-refractivity contribution is 0.432. The molecule has 1 aromatic heterocycles. The SMILES string of the molecule is Cc1nn(C2CCCC2)c(Sc2cc(Cl)cc(Cl)c2)c1Cc1ccccc1. The van der Waals surface area contributed by atoms with E-state index in [1.807, 2.05) is 12.1 Å². The predicted octanol–water partition coefficient (Wildman–Crippen LogP) is 7.36. The molecule has 2 aromatic carbocycles. The van der Waals surface area contributed by atoms with E-state index in [4.69, 9.17) is 28.3 Å². The van der Waals surface area contributed by atoms with Crippen molar-refractivity contribution >= 4 is 35.0 Å². The standard InChI is InChI=1S/C22H22Cl2N2S/c1-15-21(11-16-7-3-2-4-8-16)22(26(25-15)19-9-5-6-10-19)27-20-13-17(23)12-18(24)14-20/h2-4,7-8,12-14,19H,5-6,9-11H2,1H3. The molecule has 0 saturated heterocycles. The van der Waals surface area contributed by atoms with Crippen molar-refractivity contribution in [3.8, 4) is 0 Å². The van der Waals surface area contributed by atoms with Crippen molar-refractivity contribution in [3.05, 3.63) is 75.4 Å². The minimum absolute atomic E-state index is 0.491. The van der Waals surface area contributed by atoms with Crippen molar-refractivity contribution in [1.82, 2.24) is 9.78 Å². The second kappa shape index (κ2) is 8.30. The Balaban J connectivity index is 1.75. The fourth-order valence-corrected chi connectivity index (χ4v) is 5.64. The predicted molar refractivity (Wildman–Crippen MR) is 114 cm³/mol. The summed E-state index contributed by atoms with van der Waals surface area (Å²) in [6.07, 6.45) is 5.86. The van der Waals surface area contributed by atoms with Crippen LogP contribution in [0.3, 0.4) is 0 Å². The van der Waals surface area contributed by atoms with E-state index in [0.717, 1.165) is 17.0 Å². The van der Waals surface area contributed by atoms with E-state index in [2.05, 4.69) is 41.9 Å². The zero-order valence-electron chi connectivity index (χ0n) is 15.3. The van der Waals surface area contributed by atoms with Gasteiger partial charge in [0, 0.05) is 26.9 Å². The van der Waals surface area contributed by atoms with Gasteiger partial charge >= 0.3 is 0 Å². The zero-order valence-corrected chi connectivity index (χ0v) is 17.6. The maximum atomic E-state index is 6.24. The summed E-state index contributed by atoms with van der Waals surface area (Å²) in [5, 5.41) is 7.51. The third-order valence-corrected chi connectivity index (χ3v) is 6.64. The first-order valence-electron chi connectivity index (χ1n) is 9.36. The topological polar surface area (TPSA) is 17.8 Å². The molecule has 5 heteroatoms. The Morgan fingerprint density at radius 1 is 1.04 bits per heavy atom. The van der Waals surface area contributed by atoms with Crippen LogP contribution in [0.2, 0.25) is 10.0 Å². The minimum atomic E-state index is 0.491. The molecule has 1 heterocycles. The van der Waals surface area contributed by atoms with Crippen LogP contribution >= 0.6 is 35.0 Å². The number of halogens is 2. The molecule has 4 rings (SSSR count). The van der Waals surface area contributed by atoms with Crippen molar-refractivity contribution in [1.29, 1.82) is 0 Å². The number of aryl methyl sites for hydroxylation is 1. The van der Waals surface area contributed by atoms with Gasteiger partial charge in [0.2, 0.25) is 0 Å². The Morgan fingerprint density at radius 2 is 1.70 bits per heavy atom. The molecule has 0 atom stereocenters. The second-order valence-corrected chi connectivity index (χ2v) is 9.06. The molecule has 0 bridgehead atoms. The van der Waals surface area contributed by atoms with Gasteiger partial charge < -0.3 is 0 Å². The quantitative estimate of drug-likeness (QED) is 0.432. The van der Waals surface area contributed by atoms with E-state index < -0.39 is 0 Å². The van der Waals surface area contributed by atoms with Crippen LogP contribution in [0.5, 0.6) is 0 Å². The third-order valence-electron chi connectivity index (χ3n) is 5.11. The number of aromatic nitrogens is 2. The average Bonchev–Trinajstić information content (AvgIpc) is 3.26. The molecule has 0 aliphatic heterocycles. The number of rotatable bonds is 5. The molecule has 27 heavy (non-hydrogen) atoms. The average molecular weight is 417 g/mol. The number of hydrogen-bond donors (Lipinski definition) is 0. The van der Waals surface area contributed by atoms with Gasteiger partial charge in [-0.05, 0) is 43.5 Å². The van der Waals surface area contributed by atoms with E-state index in [9.17, 15) is 0 Å². The third kappa shape index (κ3) is 4.37. The molecule has 2 nitrogen and oxygen atoms in total. The smallest absolute Gasteiger partial charge is 0.103 e. The fraction of sp³-hybridized carbons (Fsp3) is 0.318. The molecule has 140 valence electrons. The Bertz CT molecular complexity index is 911. The van der Waals surface area contributed by atoms with Gasteiger partial charge in [-0.2, -0.15) is 5.10 Å². The first-order chi connectivity index (χ1) is 13.1. The first kappa shape index (κ1) is 18.9.